The fraction of sp³-hybridized carbons (Fsp3) is 0.615. The Morgan fingerprint density at radius 2 is 2.35 bits per heavy atom. The molecule has 0 amide bonds. The van der Waals surface area contributed by atoms with Crippen LogP contribution in [0.15, 0.2) is 11.4 Å². The zero-order chi connectivity index (χ0) is 12.0. The molecule has 1 saturated carbocycles. The smallest absolute Gasteiger partial charge is 0.321 e. The lowest BCUT2D eigenvalue weighted by Gasteiger charge is -2.37. The molecule has 0 aromatic carbocycles. The molecule has 2 heterocycles. The highest BCUT2D eigenvalue weighted by molar-refractivity contribution is 7.10. The molecule has 4 heteroatoms. The van der Waals surface area contributed by atoms with Crippen LogP contribution in [-0.2, 0) is 11.2 Å². The molecule has 0 radical (unpaired) electrons. The van der Waals surface area contributed by atoms with Crippen LogP contribution >= 0.6 is 11.3 Å². The Morgan fingerprint density at radius 3 is 3.00 bits per heavy atom. The molecular formula is C13H17NO2S. The molecule has 3 rings (SSSR count). The van der Waals surface area contributed by atoms with E-state index < -0.39 is 5.97 Å². The summed E-state index contributed by atoms with van der Waals surface area (Å²) in [6.45, 7) is 3.03. The second-order valence-electron chi connectivity index (χ2n) is 5.08. The minimum Gasteiger partial charge on any atom is -0.480 e. The van der Waals surface area contributed by atoms with E-state index >= 15 is 0 Å². The van der Waals surface area contributed by atoms with E-state index in [1.54, 1.807) is 11.3 Å². The fourth-order valence-electron chi connectivity index (χ4n) is 2.94. The van der Waals surface area contributed by atoms with E-state index in [0.717, 1.165) is 25.8 Å². The number of carboxylic acids is 1. The molecule has 1 aromatic rings. The highest BCUT2D eigenvalue weighted by atomic mass is 32.1. The average Bonchev–Trinajstić information content (AvgIpc) is 2.98. The fourth-order valence-corrected chi connectivity index (χ4v) is 3.90. The van der Waals surface area contributed by atoms with Crippen LogP contribution in [0.2, 0.25) is 0 Å². The van der Waals surface area contributed by atoms with Gasteiger partial charge in [0.1, 0.15) is 6.04 Å². The van der Waals surface area contributed by atoms with Gasteiger partial charge in [-0.25, -0.2) is 0 Å². The van der Waals surface area contributed by atoms with Crippen molar-refractivity contribution < 1.29 is 9.90 Å². The minimum atomic E-state index is -0.641. The second-order valence-corrected chi connectivity index (χ2v) is 6.08. The van der Waals surface area contributed by atoms with Crippen molar-refractivity contribution in [3.8, 4) is 0 Å². The van der Waals surface area contributed by atoms with E-state index in [2.05, 4.69) is 23.3 Å². The predicted octanol–water partition coefficient (Wildman–Crippen LogP) is 2.53. The van der Waals surface area contributed by atoms with Gasteiger partial charge in [-0.15, -0.1) is 11.3 Å². The Kier molecular flexibility index (Phi) is 2.71. The van der Waals surface area contributed by atoms with Crippen molar-refractivity contribution in [1.82, 2.24) is 4.90 Å². The molecule has 17 heavy (non-hydrogen) atoms. The Labute approximate surface area is 105 Å². The highest BCUT2D eigenvalue weighted by Crippen LogP contribution is 2.41. The Balaban J connectivity index is 1.87. The summed E-state index contributed by atoms with van der Waals surface area (Å²) < 4.78 is 0. The highest BCUT2D eigenvalue weighted by Gasteiger charge is 2.43. The van der Waals surface area contributed by atoms with Crippen LogP contribution in [0.5, 0.6) is 0 Å². The van der Waals surface area contributed by atoms with E-state index in [-0.39, 0.29) is 12.1 Å². The van der Waals surface area contributed by atoms with Crippen LogP contribution in [-0.4, -0.2) is 28.6 Å². The predicted molar refractivity (Wildman–Crippen MR) is 67.3 cm³/mol. The molecule has 0 spiro atoms. The Hall–Kier alpha value is -0.870. The summed E-state index contributed by atoms with van der Waals surface area (Å²) in [5, 5.41) is 11.5. The van der Waals surface area contributed by atoms with E-state index in [1.165, 1.54) is 10.4 Å². The summed E-state index contributed by atoms with van der Waals surface area (Å²) >= 11 is 1.80. The summed E-state index contributed by atoms with van der Waals surface area (Å²) in [5.41, 5.74) is 1.34. The zero-order valence-corrected chi connectivity index (χ0v) is 10.7. The van der Waals surface area contributed by atoms with Gasteiger partial charge in [0.15, 0.2) is 0 Å². The number of hydrogen-bond acceptors (Lipinski definition) is 3. The van der Waals surface area contributed by atoms with Gasteiger partial charge in [0, 0.05) is 17.5 Å². The van der Waals surface area contributed by atoms with Crippen molar-refractivity contribution >= 4 is 17.3 Å². The molecule has 0 saturated heterocycles. The second kappa shape index (κ2) is 4.10. The van der Waals surface area contributed by atoms with Crippen molar-refractivity contribution in [2.45, 2.75) is 38.3 Å². The zero-order valence-electron chi connectivity index (χ0n) is 9.93. The molecule has 2 atom stereocenters. The number of carbonyl (C=O) groups is 1. The molecule has 1 aliphatic carbocycles. The van der Waals surface area contributed by atoms with Crippen LogP contribution in [0, 0.1) is 5.92 Å². The van der Waals surface area contributed by atoms with Gasteiger partial charge in [-0.05, 0) is 49.1 Å². The molecule has 92 valence electrons. The van der Waals surface area contributed by atoms with Gasteiger partial charge in [0.05, 0.1) is 0 Å². The molecule has 1 aliphatic heterocycles. The maximum atomic E-state index is 11.4. The van der Waals surface area contributed by atoms with Crippen LogP contribution in [0.4, 0.5) is 0 Å². The first-order valence-electron chi connectivity index (χ1n) is 6.23. The molecule has 1 fully saturated rings. The van der Waals surface area contributed by atoms with Crippen LogP contribution in [0.1, 0.15) is 36.2 Å². The van der Waals surface area contributed by atoms with Crippen molar-refractivity contribution in [1.29, 1.82) is 0 Å². The molecular weight excluding hydrogens is 234 g/mol. The summed E-state index contributed by atoms with van der Waals surface area (Å²) in [7, 11) is 0. The first-order chi connectivity index (χ1) is 8.18. The van der Waals surface area contributed by atoms with Crippen LogP contribution in [0.3, 0.4) is 0 Å². The van der Waals surface area contributed by atoms with E-state index in [0.29, 0.717) is 5.92 Å². The van der Waals surface area contributed by atoms with Gasteiger partial charge < -0.3 is 5.11 Å². The van der Waals surface area contributed by atoms with Crippen LogP contribution < -0.4 is 0 Å². The third-order valence-electron chi connectivity index (χ3n) is 4.00. The summed E-state index contributed by atoms with van der Waals surface area (Å²) in [6.07, 6.45) is 3.17. The normalized spacial score (nSPS) is 26.5. The molecule has 1 N–H and O–H groups in total. The number of carboxylic acid groups (broad SMARTS) is 1. The largest absolute Gasteiger partial charge is 0.480 e. The quantitative estimate of drug-likeness (QED) is 0.897. The van der Waals surface area contributed by atoms with E-state index in [1.807, 2.05) is 0 Å². The molecule has 3 nitrogen and oxygen atoms in total. The lowest BCUT2D eigenvalue weighted by molar-refractivity contribution is -0.145. The average molecular weight is 251 g/mol. The summed E-state index contributed by atoms with van der Waals surface area (Å²) in [4.78, 5) is 15.1. The SMILES string of the molecule is CC1c2ccsc2CCN1C(C(=O)O)C1CC1. The van der Waals surface area contributed by atoms with Crippen molar-refractivity contribution in [2.75, 3.05) is 6.54 Å². The molecule has 2 aliphatic rings. The van der Waals surface area contributed by atoms with Crippen molar-refractivity contribution in [2.24, 2.45) is 5.92 Å². The lowest BCUT2D eigenvalue weighted by atomic mass is 9.97. The molecule has 0 bridgehead atoms. The first kappa shape index (κ1) is 11.2. The maximum absolute atomic E-state index is 11.4. The van der Waals surface area contributed by atoms with Gasteiger partial charge in [0.2, 0.25) is 0 Å². The number of nitrogens with zero attached hydrogens (tertiary/aromatic N) is 1. The third kappa shape index (κ3) is 1.89. The number of aliphatic carboxylic acids is 1. The van der Waals surface area contributed by atoms with Gasteiger partial charge >= 0.3 is 5.97 Å². The third-order valence-corrected chi connectivity index (χ3v) is 5.00. The van der Waals surface area contributed by atoms with Gasteiger partial charge in [0.25, 0.3) is 0 Å². The van der Waals surface area contributed by atoms with Gasteiger partial charge in [-0.1, -0.05) is 0 Å². The maximum Gasteiger partial charge on any atom is 0.321 e. The number of rotatable bonds is 3. The summed E-state index contributed by atoms with van der Waals surface area (Å²) in [6, 6.07) is 2.15. The van der Waals surface area contributed by atoms with Crippen molar-refractivity contribution in [3.63, 3.8) is 0 Å². The van der Waals surface area contributed by atoms with Gasteiger partial charge in [-0.2, -0.15) is 0 Å². The van der Waals surface area contributed by atoms with Crippen LogP contribution in [0.25, 0.3) is 0 Å². The molecule has 1 aromatic heterocycles. The lowest BCUT2D eigenvalue weighted by Crippen LogP contribution is -2.47. The Bertz CT molecular complexity index is 438. The van der Waals surface area contributed by atoms with E-state index in [4.69, 9.17) is 0 Å². The van der Waals surface area contributed by atoms with Gasteiger partial charge in [-0.3, -0.25) is 9.69 Å². The Morgan fingerprint density at radius 1 is 1.59 bits per heavy atom. The van der Waals surface area contributed by atoms with E-state index in [9.17, 15) is 9.90 Å². The topological polar surface area (TPSA) is 40.5 Å². The number of thiophene rings is 1. The first-order valence-corrected chi connectivity index (χ1v) is 7.11. The monoisotopic (exact) mass is 251 g/mol. The standard InChI is InChI=1S/C13H17NO2S/c1-8-10-5-7-17-11(10)4-6-14(8)12(13(15)16)9-2-3-9/h5,7-9,12H,2-4,6H2,1H3,(H,15,16). The molecule has 2 unspecified atom stereocenters. The summed E-state index contributed by atoms with van der Waals surface area (Å²) in [5.74, 6) is -0.256. The number of fused-ring (bicyclic) bond motifs is 1. The number of hydrogen-bond donors (Lipinski definition) is 1. The van der Waals surface area contributed by atoms with Crippen molar-refractivity contribution in [3.05, 3.63) is 21.9 Å². The minimum absolute atomic E-state index is 0.256.